The molecule has 0 radical (unpaired) electrons. The zero-order chi connectivity index (χ0) is 14.5. The summed E-state index contributed by atoms with van der Waals surface area (Å²) in [5.74, 6) is -0.779. The Morgan fingerprint density at radius 2 is 2.16 bits per heavy atom. The van der Waals surface area contributed by atoms with Gasteiger partial charge in [0.05, 0.1) is 12.5 Å². The first-order valence-electron chi connectivity index (χ1n) is 6.39. The number of carbonyl (C=O) groups is 1. The van der Waals surface area contributed by atoms with Crippen molar-refractivity contribution in [1.29, 1.82) is 0 Å². The summed E-state index contributed by atoms with van der Waals surface area (Å²) in [6, 6.07) is 0. The number of hydrogen-bond donors (Lipinski definition) is 1. The van der Waals surface area contributed by atoms with E-state index in [-0.39, 0.29) is 12.0 Å². The molecule has 1 unspecified atom stereocenters. The number of carboxylic acids is 1. The summed E-state index contributed by atoms with van der Waals surface area (Å²) in [5.41, 5.74) is -0.0584. The molecular weight excluding hydrogens is 248 g/mol. The highest BCUT2D eigenvalue weighted by Gasteiger charge is 2.26. The molecule has 19 heavy (non-hydrogen) atoms. The maximum atomic E-state index is 11.3. The molecule has 0 saturated carbocycles. The Bertz CT molecular complexity index is 411. The molecule has 1 aromatic rings. The fourth-order valence-electron chi connectivity index (χ4n) is 1.84. The van der Waals surface area contributed by atoms with E-state index in [1.165, 1.54) is 4.68 Å². The number of carboxylic acid groups (broad SMARTS) is 1. The first kappa shape index (κ1) is 15.6. The lowest BCUT2D eigenvalue weighted by molar-refractivity contribution is -0.143. The Morgan fingerprint density at radius 3 is 2.68 bits per heavy atom. The Balaban J connectivity index is 2.74. The third-order valence-corrected chi connectivity index (χ3v) is 2.64. The first-order chi connectivity index (χ1) is 8.83. The van der Waals surface area contributed by atoms with Crippen LogP contribution in [0.3, 0.4) is 0 Å². The summed E-state index contributed by atoms with van der Waals surface area (Å²) >= 11 is 0. The maximum Gasteiger partial charge on any atom is 0.308 e. The number of aliphatic carboxylic acids is 1. The zero-order valence-electron chi connectivity index (χ0n) is 12.0. The van der Waals surface area contributed by atoms with E-state index in [1.54, 1.807) is 0 Å². The van der Waals surface area contributed by atoms with Gasteiger partial charge in [0.2, 0.25) is 0 Å². The monoisotopic (exact) mass is 270 g/mol. The lowest BCUT2D eigenvalue weighted by Gasteiger charge is -2.23. The molecule has 0 saturated heterocycles. The highest BCUT2D eigenvalue weighted by molar-refractivity contribution is 5.69. The number of nitrogens with zero attached hydrogens (tertiary/aromatic N) is 4. The molecule has 0 amide bonds. The van der Waals surface area contributed by atoms with E-state index < -0.39 is 11.9 Å². The van der Waals surface area contributed by atoms with Gasteiger partial charge in [0, 0.05) is 6.61 Å². The molecule has 0 aliphatic heterocycles. The van der Waals surface area contributed by atoms with Gasteiger partial charge in [0.15, 0.2) is 5.82 Å². The normalized spacial score (nSPS) is 13.5. The summed E-state index contributed by atoms with van der Waals surface area (Å²) in [6.07, 6.45) is 0.566. The molecule has 1 atom stereocenters. The summed E-state index contributed by atoms with van der Waals surface area (Å²) < 4.78 is 6.76. The Morgan fingerprint density at radius 1 is 1.47 bits per heavy atom. The van der Waals surface area contributed by atoms with Crippen LogP contribution in [0.2, 0.25) is 0 Å². The topological polar surface area (TPSA) is 90.1 Å². The van der Waals surface area contributed by atoms with Gasteiger partial charge in [-0.1, -0.05) is 20.8 Å². The van der Waals surface area contributed by atoms with Crippen LogP contribution in [-0.2, 0) is 22.7 Å². The van der Waals surface area contributed by atoms with E-state index in [0.29, 0.717) is 25.5 Å². The second kappa shape index (κ2) is 6.60. The summed E-state index contributed by atoms with van der Waals surface area (Å²) in [4.78, 5) is 11.3. The van der Waals surface area contributed by atoms with Crippen LogP contribution in [0.1, 0.15) is 39.9 Å². The molecule has 0 aliphatic carbocycles. The van der Waals surface area contributed by atoms with Crippen LogP contribution in [0.5, 0.6) is 0 Å². The van der Waals surface area contributed by atoms with Gasteiger partial charge in [-0.25, -0.2) is 4.68 Å². The second-order valence-corrected chi connectivity index (χ2v) is 5.71. The molecular formula is C12H22N4O3. The van der Waals surface area contributed by atoms with Crippen LogP contribution in [0, 0.1) is 11.3 Å². The lowest BCUT2D eigenvalue weighted by Crippen LogP contribution is -2.26. The van der Waals surface area contributed by atoms with Gasteiger partial charge < -0.3 is 9.84 Å². The summed E-state index contributed by atoms with van der Waals surface area (Å²) in [5, 5.41) is 20.5. The molecule has 0 bridgehead atoms. The molecule has 7 nitrogen and oxygen atoms in total. The van der Waals surface area contributed by atoms with Gasteiger partial charge >= 0.3 is 5.97 Å². The minimum absolute atomic E-state index is 0.0584. The third kappa shape index (κ3) is 5.34. The van der Waals surface area contributed by atoms with Crippen LogP contribution < -0.4 is 0 Å². The molecule has 1 aromatic heterocycles. The van der Waals surface area contributed by atoms with Crippen molar-refractivity contribution in [3.8, 4) is 0 Å². The van der Waals surface area contributed by atoms with Crippen LogP contribution >= 0.6 is 0 Å². The number of aromatic nitrogens is 4. The fourth-order valence-corrected chi connectivity index (χ4v) is 1.84. The van der Waals surface area contributed by atoms with E-state index in [9.17, 15) is 9.90 Å². The molecule has 108 valence electrons. The van der Waals surface area contributed by atoms with Crippen molar-refractivity contribution in [2.75, 3.05) is 6.61 Å². The van der Waals surface area contributed by atoms with E-state index in [0.717, 1.165) is 0 Å². The SMILES string of the molecule is CCOCc1nnnn1CC(CC(C)(C)C)C(=O)O. The Hall–Kier alpha value is -1.50. The van der Waals surface area contributed by atoms with E-state index >= 15 is 0 Å². The fraction of sp³-hybridized carbons (Fsp3) is 0.833. The lowest BCUT2D eigenvalue weighted by atomic mass is 9.84. The third-order valence-electron chi connectivity index (χ3n) is 2.64. The van der Waals surface area contributed by atoms with Crippen molar-refractivity contribution in [2.24, 2.45) is 11.3 Å². The molecule has 0 aromatic carbocycles. The molecule has 1 heterocycles. The van der Waals surface area contributed by atoms with Crippen molar-refractivity contribution < 1.29 is 14.6 Å². The van der Waals surface area contributed by atoms with Crippen LogP contribution in [0.15, 0.2) is 0 Å². The average molecular weight is 270 g/mol. The van der Waals surface area contributed by atoms with Crippen molar-refractivity contribution in [3.63, 3.8) is 0 Å². The van der Waals surface area contributed by atoms with Gasteiger partial charge in [-0.3, -0.25) is 4.79 Å². The minimum atomic E-state index is -0.826. The highest BCUT2D eigenvalue weighted by Crippen LogP contribution is 2.25. The average Bonchev–Trinajstić information content (AvgIpc) is 2.71. The number of hydrogen-bond acceptors (Lipinski definition) is 5. The van der Waals surface area contributed by atoms with Gasteiger partial charge in [0.25, 0.3) is 0 Å². The highest BCUT2D eigenvalue weighted by atomic mass is 16.5. The van der Waals surface area contributed by atoms with Gasteiger partial charge in [-0.05, 0) is 29.2 Å². The van der Waals surface area contributed by atoms with E-state index in [2.05, 4.69) is 15.5 Å². The molecule has 1 rings (SSSR count). The van der Waals surface area contributed by atoms with E-state index in [1.807, 2.05) is 27.7 Å². The van der Waals surface area contributed by atoms with Crippen molar-refractivity contribution in [2.45, 2.75) is 47.3 Å². The van der Waals surface area contributed by atoms with Crippen molar-refractivity contribution in [3.05, 3.63) is 5.82 Å². The molecule has 0 aliphatic rings. The first-order valence-corrected chi connectivity index (χ1v) is 6.39. The molecule has 0 fully saturated rings. The summed E-state index contributed by atoms with van der Waals surface area (Å²) in [7, 11) is 0. The zero-order valence-corrected chi connectivity index (χ0v) is 12.0. The molecule has 0 spiro atoms. The van der Waals surface area contributed by atoms with Crippen molar-refractivity contribution in [1.82, 2.24) is 20.2 Å². The van der Waals surface area contributed by atoms with E-state index in [4.69, 9.17) is 4.74 Å². The number of ether oxygens (including phenoxy) is 1. The van der Waals surface area contributed by atoms with Gasteiger partial charge in [0.1, 0.15) is 6.61 Å². The predicted octanol–water partition coefficient (Wildman–Crippen LogP) is 1.35. The van der Waals surface area contributed by atoms with Gasteiger partial charge in [-0.2, -0.15) is 0 Å². The number of tetrazole rings is 1. The minimum Gasteiger partial charge on any atom is -0.481 e. The second-order valence-electron chi connectivity index (χ2n) is 5.71. The molecule has 7 heteroatoms. The maximum absolute atomic E-state index is 11.3. The smallest absolute Gasteiger partial charge is 0.308 e. The van der Waals surface area contributed by atoms with Crippen LogP contribution in [0.25, 0.3) is 0 Å². The number of rotatable bonds is 7. The van der Waals surface area contributed by atoms with Gasteiger partial charge in [-0.15, -0.1) is 5.10 Å². The Labute approximate surface area is 112 Å². The predicted molar refractivity (Wildman–Crippen MR) is 68.3 cm³/mol. The standard InChI is InChI=1S/C12H22N4O3/c1-5-19-8-10-13-14-15-16(10)7-9(11(17)18)6-12(2,3)4/h9H,5-8H2,1-4H3,(H,17,18). The Kier molecular flexibility index (Phi) is 5.41. The van der Waals surface area contributed by atoms with Crippen LogP contribution in [-0.4, -0.2) is 37.9 Å². The molecule has 1 N–H and O–H groups in total. The van der Waals surface area contributed by atoms with Crippen molar-refractivity contribution >= 4 is 5.97 Å². The quantitative estimate of drug-likeness (QED) is 0.804. The van der Waals surface area contributed by atoms with Crippen LogP contribution in [0.4, 0.5) is 0 Å². The largest absolute Gasteiger partial charge is 0.481 e. The summed E-state index contributed by atoms with van der Waals surface area (Å²) in [6.45, 7) is 9.06.